The van der Waals surface area contributed by atoms with Gasteiger partial charge in [-0.3, -0.25) is 0 Å². The normalized spacial score (nSPS) is 9.08. The molecule has 0 aromatic heterocycles. The summed E-state index contributed by atoms with van der Waals surface area (Å²) < 4.78 is 12.7. The predicted octanol–water partition coefficient (Wildman–Crippen LogP) is 2.67. The van der Waals surface area contributed by atoms with E-state index in [-0.39, 0.29) is 5.75 Å². The molecule has 1 N–H and O–H groups in total. The number of phenols is 1. The monoisotopic (exact) mass is 242 g/mol. The second-order valence-corrected chi connectivity index (χ2v) is 3.23. The fourth-order valence-electron chi connectivity index (χ4n) is 0.858. The van der Waals surface area contributed by atoms with Crippen molar-refractivity contribution in [2.24, 2.45) is 0 Å². The number of hydrogen-bond acceptors (Lipinski definition) is 1. The molecule has 13 heavy (non-hydrogen) atoms. The molecule has 0 spiro atoms. The summed E-state index contributed by atoms with van der Waals surface area (Å²) >= 11 is 3.23. The van der Waals surface area contributed by atoms with Crippen molar-refractivity contribution >= 4 is 15.9 Å². The van der Waals surface area contributed by atoms with Crippen molar-refractivity contribution in [3.8, 4) is 17.6 Å². The van der Waals surface area contributed by atoms with Crippen LogP contribution in [0, 0.1) is 17.7 Å². The molecule has 3 heteroatoms. The molecule has 0 saturated heterocycles. The quantitative estimate of drug-likeness (QED) is 0.593. The van der Waals surface area contributed by atoms with Crippen molar-refractivity contribution in [1.29, 1.82) is 0 Å². The fraction of sp³-hybridized carbons (Fsp3) is 0.200. The molecular formula is C10H8BrFO. The van der Waals surface area contributed by atoms with E-state index in [4.69, 9.17) is 5.11 Å². The van der Waals surface area contributed by atoms with Gasteiger partial charge in [0.1, 0.15) is 11.6 Å². The van der Waals surface area contributed by atoms with Gasteiger partial charge < -0.3 is 5.11 Å². The van der Waals surface area contributed by atoms with Crippen LogP contribution in [0.25, 0.3) is 0 Å². The first-order chi connectivity index (χ1) is 6.22. The van der Waals surface area contributed by atoms with E-state index in [1.807, 2.05) is 0 Å². The van der Waals surface area contributed by atoms with E-state index in [0.717, 1.165) is 11.4 Å². The van der Waals surface area contributed by atoms with Gasteiger partial charge in [-0.15, -0.1) is 0 Å². The lowest BCUT2D eigenvalue weighted by Crippen LogP contribution is -1.79. The fourth-order valence-corrected chi connectivity index (χ4v) is 1.06. The van der Waals surface area contributed by atoms with Crippen LogP contribution in [0.15, 0.2) is 18.2 Å². The summed E-state index contributed by atoms with van der Waals surface area (Å²) in [6.45, 7) is 0. The molecule has 0 radical (unpaired) electrons. The average Bonchev–Trinajstić information content (AvgIpc) is 2.03. The van der Waals surface area contributed by atoms with Crippen LogP contribution in [0.1, 0.15) is 12.0 Å². The summed E-state index contributed by atoms with van der Waals surface area (Å²) in [5.74, 6) is 5.01. The molecule has 0 bridgehead atoms. The SMILES string of the molecule is Oc1cc(F)cc(C#CCCBr)c1. The summed E-state index contributed by atoms with van der Waals surface area (Å²) in [6.07, 6.45) is 0.706. The van der Waals surface area contributed by atoms with Crippen LogP contribution in [0.4, 0.5) is 4.39 Å². The molecule has 0 aliphatic heterocycles. The summed E-state index contributed by atoms with van der Waals surface area (Å²) in [5, 5.41) is 9.83. The number of halogens is 2. The van der Waals surface area contributed by atoms with Crippen molar-refractivity contribution < 1.29 is 9.50 Å². The molecule has 0 saturated carbocycles. The third-order valence-corrected chi connectivity index (χ3v) is 1.73. The van der Waals surface area contributed by atoms with E-state index >= 15 is 0 Å². The van der Waals surface area contributed by atoms with Gasteiger partial charge in [-0.1, -0.05) is 27.8 Å². The van der Waals surface area contributed by atoms with Crippen LogP contribution in [0.3, 0.4) is 0 Å². The van der Waals surface area contributed by atoms with Crippen LogP contribution in [0.2, 0.25) is 0 Å². The molecule has 68 valence electrons. The van der Waals surface area contributed by atoms with Gasteiger partial charge in [0, 0.05) is 23.4 Å². The highest BCUT2D eigenvalue weighted by Gasteiger charge is 1.95. The number of rotatable bonds is 1. The summed E-state index contributed by atoms with van der Waals surface area (Å²) in [7, 11) is 0. The first kappa shape index (κ1) is 10.1. The Balaban J connectivity index is 2.85. The lowest BCUT2D eigenvalue weighted by Gasteiger charge is -1.93. The molecule has 1 aromatic rings. The maximum atomic E-state index is 12.7. The lowest BCUT2D eigenvalue weighted by atomic mass is 10.2. The predicted molar refractivity (Wildman–Crippen MR) is 53.4 cm³/mol. The van der Waals surface area contributed by atoms with Gasteiger partial charge >= 0.3 is 0 Å². The number of benzene rings is 1. The first-order valence-corrected chi connectivity index (χ1v) is 4.89. The number of alkyl halides is 1. The highest BCUT2D eigenvalue weighted by molar-refractivity contribution is 9.09. The topological polar surface area (TPSA) is 20.2 Å². The number of aromatic hydroxyl groups is 1. The second-order valence-electron chi connectivity index (χ2n) is 2.44. The zero-order chi connectivity index (χ0) is 9.68. The van der Waals surface area contributed by atoms with Crippen LogP contribution in [0.5, 0.6) is 5.75 Å². The van der Waals surface area contributed by atoms with E-state index in [9.17, 15) is 4.39 Å². The molecule has 0 amide bonds. The molecule has 1 rings (SSSR count). The Morgan fingerprint density at radius 2 is 2.15 bits per heavy atom. The molecule has 0 atom stereocenters. The Morgan fingerprint density at radius 1 is 1.38 bits per heavy atom. The van der Waals surface area contributed by atoms with Crippen LogP contribution >= 0.6 is 15.9 Å². The largest absolute Gasteiger partial charge is 0.508 e. The molecule has 1 nitrogen and oxygen atoms in total. The van der Waals surface area contributed by atoms with Crippen LogP contribution in [-0.2, 0) is 0 Å². The van der Waals surface area contributed by atoms with Gasteiger partial charge in [-0.05, 0) is 12.1 Å². The third-order valence-electron chi connectivity index (χ3n) is 1.33. The lowest BCUT2D eigenvalue weighted by molar-refractivity contribution is 0.469. The smallest absolute Gasteiger partial charge is 0.128 e. The molecule has 0 aliphatic carbocycles. The molecular weight excluding hydrogens is 235 g/mol. The van der Waals surface area contributed by atoms with Crippen molar-refractivity contribution in [2.75, 3.05) is 5.33 Å². The third kappa shape index (κ3) is 3.47. The van der Waals surface area contributed by atoms with E-state index in [2.05, 4.69) is 27.8 Å². The summed E-state index contributed by atoms with van der Waals surface area (Å²) in [4.78, 5) is 0. The van der Waals surface area contributed by atoms with Crippen LogP contribution in [-0.4, -0.2) is 10.4 Å². The minimum Gasteiger partial charge on any atom is -0.508 e. The zero-order valence-corrected chi connectivity index (χ0v) is 8.44. The first-order valence-electron chi connectivity index (χ1n) is 3.77. The van der Waals surface area contributed by atoms with Gasteiger partial charge in [-0.2, -0.15) is 0 Å². The summed E-state index contributed by atoms with van der Waals surface area (Å²) in [5.41, 5.74) is 0.499. The molecule has 0 unspecified atom stereocenters. The Morgan fingerprint density at radius 3 is 2.77 bits per heavy atom. The maximum Gasteiger partial charge on any atom is 0.128 e. The van der Waals surface area contributed by atoms with E-state index in [0.29, 0.717) is 12.0 Å². The minimum absolute atomic E-state index is 0.0943. The van der Waals surface area contributed by atoms with E-state index in [1.54, 1.807) is 0 Å². The standard InChI is InChI=1S/C10H8BrFO/c11-4-2-1-3-8-5-9(12)7-10(13)6-8/h5-7,13H,2,4H2. The van der Waals surface area contributed by atoms with Crippen molar-refractivity contribution in [3.05, 3.63) is 29.6 Å². The van der Waals surface area contributed by atoms with Crippen molar-refractivity contribution in [1.82, 2.24) is 0 Å². The minimum atomic E-state index is -0.469. The van der Waals surface area contributed by atoms with Crippen molar-refractivity contribution in [2.45, 2.75) is 6.42 Å². The average molecular weight is 243 g/mol. The van der Waals surface area contributed by atoms with Gasteiger partial charge in [0.05, 0.1) is 0 Å². The molecule has 0 fully saturated rings. The van der Waals surface area contributed by atoms with Gasteiger partial charge in [-0.25, -0.2) is 4.39 Å². The summed E-state index contributed by atoms with van der Waals surface area (Å²) in [6, 6.07) is 3.78. The maximum absolute atomic E-state index is 12.7. The molecule has 1 aromatic carbocycles. The Kier molecular flexibility index (Phi) is 3.78. The Labute approximate surface area is 84.7 Å². The van der Waals surface area contributed by atoms with Gasteiger partial charge in [0.15, 0.2) is 0 Å². The molecule has 0 heterocycles. The Hall–Kier alpha value is -1.01. The second kappa shape index (κ2) is 4.88. The number of hydrogen-bond donors (Lipinski definition) is 1. The molecule has 0 aliphatic rings. The highest BCUT2D eigenvalue weighted by Crippen LogP contribution is 2.13. The van der Waals surface area contributed by atoms with Crippen molar-refractivity contribution in [3.63, 3.8) is 0 Å². The van der Waals surface area contributed by atoms with Gasteiger partial charge in [0.25, 0.3) is 0 Å². The van der Waals surface area contributed by atoms with E-state index in [1.165, 1.54) is 12.1 Å². The van der Waals surface area contributed by atoms with E-state index < -0.39 is 5.82 Å². The Bertz CT molecular complexity index is 331. The highest BCUT2D eigenvalue weighted by atomic mass is 79.9. The van der Waals surface area contributed by atoms with Crippen LogP contribution < -0.4 is 0 Å². The number of phenolic OH excluding ortho intramolecular Hbond substituents is 1. The van der Waals surface area contributed by atoms with Gasteiger partial charge in [0.2, 0.25) is 0 Å². The zero-order valence-electron chi connectivity index (χ0n) is 6.85.